The molecule has 1 aliphatic carbocycles. The number of para-hydroxylation sites is 4. The second-order valence-electron chi connectivity index (χ2n) is 16.1. The molecule has 3 heterocycles. The van der Waals surface area contributed by atoms with Crippen molar-refractivity contribution in [2.75, 3.05) is 0 Å². The Morgan fingerprint density at radius 3 is 1.25 bits per heavy atom. The zero-order valence-electron chi connectivity index (χ0n) is 31.1. The number of hydrogen-bond donors (Lipinski definition) is 0. The summed E-state index contributed by atoms with van der Waals surface area (Å²) in [7, 11) is 0. The number of benzene rings is 9. The van der Waals surface area contributed by atoms with E-state index < -0.39 is 0 Å². The van der Waals surface area contributed by atoms with Crippen LogP contribution < -0.4 is 0 Å². The van der Waals surface area contributed by atoms with E-state index >= 15 is 0 Å². The fraction of sp³-hybridized carbons (Fsp3) is 0.0566. The molecule has 0 amide bonds. The molecule has 0 unspecified atom stereocenters. The quantitative estimate of drug-likeness (QED) is 0.162. The first-order valence-electron chi connectivity index (χ1n) is 19.6. The summed E-state index contributed by atoms with van der Waals surface area (Å²) in [6, 6.07) is 65.6. The maximum absolute atomic E-state index is 2.52. The average molecular weight is 714 g/mol. The van der Waals surface area contributed by atoms with Crippen molar-refractivity contribution >= 4 is 76.2 Å². The third-order valence-electron chi connectivity index (χ3n) is 13.0. The highest BCUT2D eigenvalue weighted by atomic mass is 15.0. The van der Waals surface area contributed by atoms with Crippen molar-refractivity contribution in [2.45, 2.75) is 19.3 Å². The highest BCUT2D eigenvalue weighted by Gasteiger charge is 2.35. The van der Waals surface area contributed by atoms with Gasteiger partial charge in [-0.1, -0.05) is 129 Å². The van der Waals surface area contributed by atoms with E-state index in [4.69, 9.17) is 0 Å². The third kappa shape index (κ3) is 3.68. The minimum atomic E-state index is -0.0973. The molecule has 3 aromatic heterocycles. The first kappa shape index (κ1) is 30.3. The summed E-state index contributed by atoms with van der Waals surface area (Å²) in [6.07, 6.45) is 0. The van der Waals surface area contributed by atoms with Crippen LogP contribution in [0.5, 0.6) is 0 Å². The van der Waals surface area contributed by atoms with Crippen LogP contribution in [0.1, 0.15) is 25.0 Å². The van der Waals surface area contributed by atoms with Gasteiger partial charge in [0.25, 0.3) is 0 Å². The molecule has 0 aliphatic heterocycles. The van der Waals surface area contributed by atoms with Crippen molar-refractivity contribution in [3.63, 3.8) is 0 Å². The smallest absolute Gasteiger partial charge is 0.0548 e. The molecule has 0 radical (unpaired) electrons. The van der Waals surface area contributed by atoms with Gasteiger partial charge >= 0.3 is 0 Å². The Bertz CT molecular complexity index is 3330. The van der Waals surface area contributed by atoms with E-state index in [1.54, 1.807) is 0 Å². The maximum atomic E-state index is 2.52. The van der Waals surface area contributed by atoms with Gasteiger partial charge in [-0.05, 0) is 82.9 Å². The predicted octanol–water partition coefficient (Wildman–Crippen LogP) is 13.9. The predicted molar refractivity (Wildman–Crippen MR) is 236 cm³/mol. The maximum Gasteiger partial charge on any atom is 0.0548 e. The first-order chi connectivity index (χ1) is 27.6. The molecule has 3 heteroatoms. The monoisotopic (exact) mass is 713 g/mol. The van der Waals surface area contributed by atoms with Crippen LogP contribution >= 0.6 is 0 Å². The molecule has 56 heavy (non-hydrogen) atoms. The van der Waals surface area contributed by atoms with Crippen molar-refractivity contribution < 1.29 is 0 Å². The number of hydrogen-bond acceptors (Lipinski definition) is 0. The van der Waals surface area contributed by atoms with Gasteiger partial charge in [0.1, 0.15) is 0 Å². The highest BCUT2D eigenvalue weighted by Crippen LogP contribution is 2.51. The second kappa shape index (κ2) is 10.6. The molecular formula is C53H35N3. The first-order valence-corrected chi connectivity index (χ1v) is 19.6. The van der Waals surface area contributed by atoms with E-state index in [0.717, 1.165) is 0 Å². The van der Waals surface area contributed by atoms with Crippen LogP contribution in [0.15, 0.2) is 176 Å². The Balaban J connectivity index is 1.16. The van der Waals surface area contributed by atoms with E-state index in [2.05, 4.69) is 203 Å². The van der Waals surface area contributed by atoms with Crippen LogP contribution in [0.4, 0.5) is 0 Å². The summed E-state index contributed by atoms with van der Waals surface area (Å²) in [5.41, 5.74) is 16.3. The molecule has 262 valence electrons. The average Bonchev–Trinajstić information content (AvgIpc) is 3.94. The van der Waals surface area contributed by atoms with Gasteiger partial charge in [-0.3, -0.25) is 0 Å². The van der Waals surface area contributed by atoms with Crippen molar-refractivity contribution in [3.05, 3.63) is 187 Å². The van der Waals surface area contributed by atoms with E-state index in [1.807, 2.05) is 0 Å². The van der Waals surface area contributed by atoms with Crippen molar-refractivity contribution in [1.29, 1.82) is 0 Å². The Morgan fingerprint density at radius 1 is 0.321 bits per heavy atom. The zero-order valence-corrected chi connectivity index (χ0v) is 31.1. The van der Waals surface area contributed by atoms with Gasteiger partial charge in [0.05, 0.1) is 44.5 Å². The van der Waals surface area contributed by atoms with Crippen molar-refractivity contribution in [1.82, 2.24) is 13.7 Å². The second-order valence-corrected chi connectivity index (χ2v) is 16.1. The van der Waals surface area contributed by atoms with Crippen LogP contribution in [-0.4, -0.2) is 13.7 Å². The van der Waals surface area contributed by atoms with Crippen LogP contribution in [0.2, 0.25) is 0 Å². The topological polar surface area (TPSA) is 14.8 Å². The molecular weight excluding hydrogens is 679 g/mol. The molecule has 13 rings (SSSR count). The molecule has 0 saturated heterocycles. The van der Waals surface area contributed by atoms with E-state index in [1.165, 1.54) is 116 Å². The van der Waals surface area contributed by atoms with Crippen molar-refractivity contribution in [3.8, 4) is 28.2 Å². The molecule has 0 saturated carbocycles. The third-order valence-corrected chi connectivity index (χ3v) is 13.0. The summed E-state index contributed by atoms with van der Waals surface area (Å²) >= 11 is 0. The number of nitrogens with zero attached hydrogens (tertiary/aromatic N) is 3. The van der Waals surface area contributed by atoms with Gasteiger partial charge < -0.3 is 13.7 Å². The van der Waals surface area contributed by atoms with Gasteiger partial charge in [0.15, 0.2) is 0 Å². The molecule has 0 spiro atoms. The summed E-state index contributed by atoms with van der Waals surface area (Å²) < 4.78 is 7.48. The Kier molecular flexibility index (Phi) is 5.70. The summed E-state index contributed by atoms with van der Waals surface area (Å²) in [6.45, 7) is 4.75. The van der Waals surface area contributed by atoms with Crippen LogP contribution in [0.3, 0.4) is 0 Å². The van der Waals surface area contributed by atoms with Gasteiger partial charge in [0, 0.05) is 54.2 Å². The summed E-state index contributed by atoms with van der Waals surface area (Å²) in [5.74, 6) is 0. The lowest BCUT2D eigenvalue weighted by molar-refractivity contribution is 0.660. The van der Waals surface area contributed by atoms with E-state index in [9.17, 15) is 0 Å². The molecule has 12 aromatic rings. The molecule has 0 N–H and O–H groups in total. The minimum absolute atomic E-state index is 0.0973. The van der Waals surface area contributed by atoms with Crippen molar-refractivity contribution in [2.24, 2.45) is 0 Å². The van der Waals surface area contributed by atoms with Gasteiger partial charge in [0.2, 0.25) is 0 Å². The van der Waals surface area contributed by atoms with Crippen LogP contribution in [-0.2, 0) is 5.41 Å². The highest BCUT2D eigenvalue weighted by molar-refractivity contribution is 6.28. The van der Waals surface area contributed by atoms with Gasteiger partial charge in [-0.15, -0.1) is 0 Å². The number of rotatable bonds is 3. The molecule has 0 fully saturated rings. The molecule has 1 aliphatic rings. The molecule has 0 bridgehead atoms. The zero-order chi connectivity index (χ0) is 36.9. The van der Waals surface area contributed by atoms with Crippen LogP contribution in [0.25, 0.3) is 104 Å². The number of fused-ring (bicyclic) bond motifs is 9. The fourth-order valence-electron chi connectivity index (χ4n) is 10.6. The fourth-order valence-corrected chi connectivity index (χ4v) is 10.6. The standard InChI is InChI=1S/C53H35N3/c1-53(2)41-18-8-3-13-33(41)34-24-23-32(31-42(34)53)54-49-29-27-47(55-43-19-9-4-14-35(43)36-15-5-10-20-44(36)55)39-25-26-40-48(28-30-50(54)52(40)51(39)49)56-45-21-11-6-16-37(45)38-17-7-12-22-46(38)56/h3-31H,1-2H3. The number of aromatic nitrogens is 3. The summed E-state index contributed by atoms with van der Waals surface area (Å²) in [5, 5.41) is 10.2. The lowest BCUT2D eigenvalue weighted by atomic mass is 9.82. The minimum Gasteiger partial charge on any atom is -0.309 e. The van der Waals surface area contributed by atoms with E-state index in [-0.39, 0.29) is 5.41 Å². The Morgan fingerprint density at radius 2 is 0.750 bits per heavy atom. The lowest BCUT2D eigenvalue weighted by Gasteiger charge is -2.22. The lowest BCUT2D eigenvalue weighted by Crippen LogP contribution is -2.15. The Hall–Kier alpha value is -7.10. The van der Waals surface area contributed by atoms with Gasteiger partial charge in [-0.2, -0.15) is 0 Å². The SMILES string of the molecule is CC1(C)c2ccccc2-c2ccc(-n3c4ccc(-n5c6ccccc6c6ccccc65)c5ccc6c(-n7c8ccccc8c8ccccc87)ccc3c6c54)cc21. The van der Waals surface area contributed by atoms with E-state index in [0.29, 0.717) is 0 Å². The van der Waals surface area contributed by atoms with Crippen LogP contribution in [0, 0.1) is 0 Å². The Labute approximate surface area is 323 Å². The molecule has 9 aromatic carbocycles. The normalized spacial score (nSPS) is 13.7. The summed E-state index contributed by atoms with van der Waals surface area (Å²) in [4.78, 5) is 0. The molecule has 0 atom stereocenters. The van der Waals surface area contributed by atoms with Gasteiger partial charge in [-0.25, -0.2) is 0 Å². The largest absolute Gasteiger partial charge is 0.309 e. The molecule has 3 nitrogen and oxygen atoms in total.